The second-order valence-electron chi connectivity index (χ2n) is 7.69. The predicted molar refractivity (Wildman–Crippen MR) is 115 cm³/mol. The Balaban J connectivity index is 1.93. The van der Waals surface area contributed by atoms with E-state index in [1.807, 2.05) is 13.0 Å². The molecule has 1 saturated heterocycles. The van der Waals surface area contributed by atoms with Crippen molar-refractivity contribution >= 4 is 17.1 Å². The fourth-order valence-electron chi connectivity index (χ4n) is 3.97. The molecule has 1 fully saturated rings. The maximum absolute atomic E-state index is 13.4. The molecular weight excluding hydrogens is 384 g/mol. The molecule has 9 heteroatoms. The molecule has 2 N–H and O–H groups in total. The van der Waals surface area contributed by atoms with Crippen LogP contribution in [-0.2, 0) is 20.1 Å². The Bertz CT molecular complexity index is 1270. The van der Waals surface area contributed by atoms with Crippen LogP contribution in [0.25, 0.3) is 11.2 Å². The number of rotatable bonds is 4. The molecule has 0 spiro atoms. The maximum Gasteiger partial charge on any atom is 0.332 e. The summed E-state index contributed by atoms with van der Waals surface area (Å²) in [4.78, 5) is 33.1. The van der Waals surface area contributed by atoms with Crippen LogP contribution in [0.3, 0.4) is 0 Å². The fraction of sp³-hybridized carbons (Fsp3) is 0.476. The summed E-state index contributed by atoms with van der Waals surface area (Å²) in [7, 11) is 1.63. The molecule has 1 aliphatic rings. The predicted octanol–water partition coefficient (Wildman–Crippen LogP) is 0.797. The van der Waals surface area contributed by atoms with Crippen molar-refractivity contribution in [1.82, 2.24) is 18.7 Å². The molecule has 0 unspecified atom stereocenters. The minimum atomic E-state index is -0.435. The van der Waals surface area contributed by atoms with Crippen LogP contribution in [0.1, 0.15) is 31.3 Å². The highest BCUT2D eigenvalue weighted by molar-refractivity contribution is 5.75. The van der Waals surface area contributed by atoms with Crippen LogP contribution in [0, 0.1) is 18.8 Å². The zero-order chi connectivity index (χ0) is 21.4. The zero-order valence-electron chi connectivity index (χ0n) is 17.5. The van der Waals surface area contributed by atoms with E-state index in [1.165, 1.54) is 9.13 Å². The SMILES string of the molecule is CC#CCn1c(N2CCC[C@@H](N)C2)nc2c1c(=O)n(Cc1ccc(C)o1)c(=O)n2C. The van der Waals surface area contributed by atoms with Crippen molar-refractivity contribution in [3.8, 4) is 11.8 Å². The molecule has 1 aliphatic heterocycles. The van der Waals surface area contributed by atoms with Gasteiger partial charge in [0.1, 0.15) is 11.5 Å². The maximum atomic E-state index is 13.4. The zero-order valence-corrected chi connectivity index (χ0v) is 17.5. The molecule has 0 saturated carbocycles. The van der Waals surface area contributed by atoms with Crippen LogP contribution in [0.15, 0.2) is 26.1 Å². The summed E-state index contributed by atoms with van der Waals surface area (Å²) < 4.78 is 9.98. The summed E-state index contributed by atoms with van der Waals surface area (Å²) >= 11 is 0. The number of imidazole rings is 1. The standard InChI is InChI=1S/C21H26N6O3/c1-4-5-11-26-17-18(23-20(26)25-10-6-7-15(22)12-25)24(3)21(29)27(19(17)28)13-16-9-8-14(2)30-16/h8-9,15H,6-7,10-13,22H2,1-3H3/t15-/m1/s1. The normalized spacial score (nSPS) is 16.7. The van der Waals surface area contributed by atoms with Gasteiger partial charge in [0.25, 0.3) is 5.56 Å². The van der Waals surface area contributed by atoms with E-state index in [4.69, 9.17) is 10.2 Å². The summed E-state index contributed by atoms with van der Waals surface area (Å²) in [5.74, 6) is 7.81. The lowest BCUT2D eigenvalue weighted by Gasteiger charge is -2.31. The summed E-state index contributed by atoms with van der Waals surface area (Å²) in [6, 6.07) is 3.63. The van der Waals surface area contributed by atoms with Gasteiger partial charge in [-0.3, -0.25) is 18.5 Å². The summed E-state index contributed by atoms with van der Waals surface area (Å²) in [5, 5.41) is 0. The lowest BCUT2D eigenvalue weighted by Crippen LogP contribution is -2.44. The topological polar surface area (TPSA) is 104 Å². The highest BCUT2D eigenvalue weighted by Gasteiger charge is 2.26. The Labute approximate surface area is 173 Å². The number of aromatic nitrogens is 4. The van der Waals surface area contributed by atoms with E-state index in [1.54, 1.807) is 24.6 Å². The molecule has 4 heterocycles. The third-order valence-corrected chi connectivity index (χ3v) is 5.48. The van der Waals surface area contributed by atoms with Gasteiger partial charge >= 0.3 is 5.69 Å². The van der Waals surface area contributed by atoms with Gasteiger partial charge in [-0.1, -0.05) is 5.92 Å². The first-order valence-electron chi connectivity index (χ1n) is 10.1. The fourth-order valence-corrected chi connectivity index (χ4v) is 3.97. The molecule has 0 aromatic carbocycles. The van der Waals surface area contributed by atoms with E-state index >= 15 is 0 Å². The van der Waals surface area contributed by atoms with Crippen molar-refractivity contribution < 1.29 is 4.42 Å². The Morgan fingerprint density at radius 2 is 2.10 bits per heavy atom. The molecular formula is C21H26N6O3. The smallest absolute Gasteiger partial charge is 0.332 e. The summed E-state index contributed by atoms with van der Waals surface area (Å²) in [6.07, 6.45) is 1.91. The number of anilines is 1. The van der Waals surface area contributed by atoms with Crippen LogP contribution in [0.2, 0.25) is 0 Å². The van der Waals surface area contributed by atoms with Gasteiger partial charge in [0.05, 0.1) is 13.1 Å². The molecule has 3 aromatic rings. The van der Waals surface area contributed by atoms with Gasteiger partial charge in [-0.2, -0.15) is 4.98 Å². The molecule has 0 radical (unpaired) electrons. The van der Waals surface area contributed by atoms with Gasteiger partial charge in [-0.15, -0.1) is 5.92 Å². The molecule has 3 aromatic heterocycles. The minimum Gasteiger partial charge on any atom is -0.464 e. The van der Waals surface area contributed by atoms with E-state index < -0.39 is 11.2 Å². The van der Waals surface area contributed by atoms with Crippen molar-refractivity contribution in [2.24, 2.45) is 12.8 Å². The molecule has 30 heavy (non-hydrogen) atoms. The molecule has 0 amide bonds. The number of aryl methyl sites for hydroxylation is 2. The lowest BCUT2D eigenvalue weighted by atomic mass is 10.1. The van der Waals surface area contributed by atoms with Gasteiger partial charge in [-0.25, -0.2) is 4.79 Å². The number of hydrogen-bond acceptors (Lipinski definition) is 6. The molecule has 4 rings (SSSR count). The average molecular weight is 410 g/mol. The van der Waals surface area contributed by atoms with Gasteiger partial charge in [0.15, 0.2) is 11.2 Å². The van der Waals surface area contributed by atoms with Crippen LogP contribution in [0.5, 0.6) is 0 Å². The second-order valence-corrected chi connectivity index (χ2v) is 7.69. The quantitative estimate of drug-likeness (QED) is 0.638. The largest absolute Gasteiger partial charge is 0.464 e. The van der Waals surface area contributed by atoms with Gasteiger partial charge in [0.2, 0.25) is 5.95 Å². The van der Waals surface area contributed by atoms with Crippen molar-refractivity contribution in [2.45, 2.75) is 45.8 Å². The third-order valence-electron chi connectivity index (χ3n) is 5.48. The number of nitrogens with two attached hydrogens (primary N) is 1. The van der Waals surface area contributed by atoms with E-state index in [2.05, 4.69) is 21.7 Å². The van der Waals surface area contributed by atoms with Crippen LogP contribution >= 0.6 is 0 Å². The summed E-state index contributed by atoms with van der Waals surface area (Å²) in [5.41, 5.74) is 6.04. The first kappa shape index (κ1) is 20.0. The highest BCUT2D eigenvalue weighted by atomic mass is 16.3. The number of piperidine rings is 1. The number of fused-ring (bicyclic) bond motifs is 1. The van der Waals surface area contributed by atoms with Gasteiger partial charge in [-0.05, 0) is 38.8 Å². The molecule has 1 atom stereocenters. The van der Waals surface area contributed by atoms with E-state index in [9.17, 15) is 9.59 Å². The minimum absolute atomic E-state index is 0.0481. The number of nitrogens with zero attached hydrogens (tertiary/aromatic N) is 5. The highest BCUT2D eigenvalue weighted by Crippen LogP contribution is 2.23. The number of hydrogen-bond donors (Lipinski definition) is 1. The Hall–Kier alpha value is -3.25. The van der Waals surface area contributed by atoms with Crippen molar-refractivity contribution in [3.63, 3.8) is 0 Å². The molecule has 158 valence electrons. The average Bonchev–Trinajstić information content (AvgIpc) is 3.31. The van der Waals surface area contributed by atoms with Gasteiger partial charge < -0.3 is 15.1 Å². The van der Waals surface area contributed by atoms with Crippen LogP contribution < -0.4 is 21.9 Å². The second kappa shape index (κ2) is 7.88. The van der Waals surface area contributed by atoms with E-state index in [0.717, 1.165) is 25.1 Å². The Morgan fingerprint density at radius 1 is 1.30 bits per heavy atom. The Morgan fingerprint density at radius 3 is 2.77 bits per heavy atom. The van der Waals surface area contributed by atoms with Crippen molar-refractivity contribution in [3.05, 3.63) is 44.5 Å². The first-order chi connectivity index (χ1) is 14.4. The van der Waals surface area contributed by atoms with E-state index in [-0.39, 0.29) is 12.6 Å². The Kier molecular flexibility index (Phi) is 5.26. The molecule has 9 nitrogen and oxygen atoms in total. The molecule has 0 bridgehead atoms. The van der Waals surface area contributed by atoms with E-state index in [0.29, 0.717) is 36.0 Å². The van der Waals surface area contributed by atoms with Crippen LogP contribution in [0.4, 0.5) is 5.95 Å². The first-order valence-corrected chi connectivity index (χ1v) is 10.1. The van der Waals surface area contributed by atoms with Gasteiger partial charge in [0, 0.05) is 26.2 Å². The van der Waals surface area contributed by atoms with Crippen LogP contribution in [-0.4, -0.2) is 37.8 Å². The lowest BCUT2D eigenvalue weighted by molar-refractivity contribution is 0.459. The monoisotopic (exact) mass is 410 g/mol. The van der Waals surface area contributed by atoms with Crippen molar-refractivity contribution in [2.75, 3.05) is 18.0 Å². The molecule has 0 aliphatic carbocycles. The third kappa shape index (κ3) is 3.44. The van der Waals surface area contributed by atoms with Crippen molar-refractivity contribution in [1.29, 1.82) is 0 Å². The number of furan rings is 1. The summed E-state index contributed by atoms with van der Waals surface area (Å²) in [6.45, 7) is 5.39.